The van der Waals surface area contributed by atoms with E-state index in [0.717, 1.165) is 22.4 Å². The van der Waals surface area contributed by atoms with E-state index in [1.165, 1.54) is 0 Å². The van der Waals surface area contributed by atoms with Gasteiger partial charge in [-0.1, -0.05) is 71.2 Å². The zero-order valence-electron chi connectivity index (χ0n) is 19.8. The predicted octanol–water partition coefficient (Wildman–Crippen LogP) is 6.50. The highest BCUT2D eigenvalue weighted by molar-refractivity contribution is 6.35. The van der Waals surface area contributed by atoms with Gasteiger partial charge in [0.1, 0.15) is 18.5 Å². The normalized spacial score (nSPS) is 11.2. The minimum Gasteiger partial charge on any atom is -0.491 e. The van der Waals surface area contributed by atoms with Crippen molar-refractivity contribution in [1.82, 2.24) is 9.55 Å². The zero-order valence-corrected chi connectivity index (χ0v) is 22.1. The van der Waals surface area contributed by atoms with Gasteiger partial charge in [0.05, 0.1) is 19.5 Å². The Bertz CT molecular complexity index is 1340. The summed E-state index contributed by atoms with van der Waals surface area (Å²) in [5.74, 6) is -2.90. The highest BCUT2D eigenvalue weighted by atomic mass is 35.5. The molecule has 0 spiro atoms. The largest absolute Gasteiger partial charge is 0.491 e. The summed E-state index contributed by atoms with van der Waals surface area (Å²) in [7, 11) is 0. The molecular formula is C27H23Cl3N2O6. The first kappa shape index (κ1) is 29.0. The molecule has 2 N–H and O–H groups in total. The first-order chi connectivity index (χ1) is 18.2. The second-order valence-corrected chi connectivity index (χ2v) is 9.03. The van der Waals surface area contributed by atoms with E-state index in [0.29, 0.717) is 34.8 Å². The molecule has 198 valence electrons. The smallest absolute Gasteiger partial charge is 0.414 e. The van der Waals surface area contributed by atoms with Crippen molar-refractivity contribution in [3.63, 3.8) is 0 Å². The number of carboxylic acids is 2. The number of aliphatic carboxylic acids is 2. The van der Waals surface area contributed by atoms with Crippen LogP contribution in [0.15, 0.2) is 85.5 Å². The minimum absolute atomic E-state index is 0.281. The lowest BCUT2D eigenvalue weighted by molar-refractivity contribution is -0.159. The van der Waals surface area contributed by atoms with Crippen LogP contribution in [0.25, 0.3) is 11.1 Å². The first-order valence-corrected chi connectivity index (χ1v) is 12.3. The lowest BCUT2D eigenvalue weighted by atomic mass is 10.0. The molecule has 0 aliphatic rings. The van der Waals surface area contributed by atoms with E-state index < -0.39 is 11.9 Å². The van der Waals surface area contributed by atoms with Crippen LogP contribution in [0.3, 0.4) is 0 Å². The van der Waals surface area contributed by atoms with Crippen molar-refractivity contribution in [3.05, 3.63) is 106 Å². The number of carboxylic acid groups (broad SMARTS) is 2. The molecule has 0 aliphatic carbocycles. The first-order valence-electron chi connectivity index (χ1n) is 11.2. The molecule has 0 saturated heterocycles. The number of hydrogen-bond donors (Lipinski definition) is 2. The summed E-state index contributed by atoms with van der Waals surface area (Å²) < 4.78 is 14.2. The SMILES string of the molecule is Clc1ccc(C(Cn2ccnc2)OCCOc2ccc(Cl)cc2-c2ccccc2)c(Cl)c1.O=C(O)C(=O)O. The Hall–Kier alpha value is -3.56. The maximum absolute atomic E-state index is 9.10. The van der Waals surface area contributed by atoms with Gasteiger partial charge in [-0.15, -0.1) is 0 Å². The van der Waals surface area contributed by atoms with E-state index in [1.807, 2.05) is 71.4 Å². The fourth-order valence-corrected chi connectivity index (χ4v) is 4.11. The second kappa shape index (κ2) is 14.4. The highest BCUT2D eigenvalue weighted by Gasteiger charge is 2.17. The quantitative estimate of drug-likeness (QED) is 0.172. The zero-order chi connectivity index (χ0) is 27.5. The Morgan fingerprint density at radius 2 is 1.58 bits per heavy atom. The molecule has 1 aromatic heterocycles. The van der Waals surface area contributed by atoms with Gasteiger partial charge in [-0.05, 0) is 35.9 Å². The number of carbonyl (C=O) groups is 2. The Morgan fingerprint density at radius 1 is 0.895 bits per heavy atom. The molecule has 0 amide bonds. The van der Waals surface area contributed by atoms with Crippen LogP contribution in [0, 0.1) is 0 Å². The van der Waals surface area contributed by atoms with Crippen molar-refractivity contribution >= 4 is 46.7 Å². The fraction of sp³-hybridized carbons (Fsp3) is 0.148. The van der Waals surface area contributed by atoms with Crippen molar-refractivity contribution in [2.24, 2.45) is 0 Å². The van der Waals surface area contributed by atoms with Crippen LogP contribution < -0.4 is 4.74 Å². The summed E-state index contributed by atoms with van der Waals surface area (Å²) in [6.45, 7) is 1.31. The number of nitrogens with zero attached hydrogens (tertiary/aromatic N) is 2. The second-order valence-electron chi connectivity index (χ2n) is 7.75. The molecule has 1 heterocycles. The summed E-state index contributed by atoms with van der Waals surface area (Å²) in [5, 5.41) is 16.6. The van der Waals surface area contributed by atoms with Gasteiger partial charge in [0.25, 0.3) is 0 Å². The predicted molar refractivity (Wildman–Crippen MR) is 145 cm³/mol. The molecule has 4 rings (SSSR count). The van der Waals surface area contributed by atoms with Crippen LogP contribution in [0.4, 0.5) is 0 Å². The van der Waals surface area contributed by atoms with Gasteiger partial charge in [-0.25, -0.2) is 14.6 Å². The summed E-state index contributed by atoms with van der Waals surface area (Å²) in [4.78, 5) is 22.3. The van der Waals surface area contributed by atoms with Crippen LogP contribution in [0.1, 0.15) is 11.7 Å². The van der Waals surface area contributed by atoms with E-state index in [1.54, 1.807) is 18.6 Å². The maximum Gasteiger partial charge on any atom is 0.414 e. The average Bonchev–Trinajstić information content (AvgIpc) is 3.41. The number of halogens is 3. The molecule has 4 aromatic rings. The van der Waals surface area contributed by atoms with Crippen molar-refractivity contribution in [2.75, 3.05) is 13.2 Å². The number of rotatable bonds is 9. The third kappa shape index (κ3) is 8.78. The van der Waals surface area contributed by atoms with E-state index in [-0.39, 0.29) is 6.10 Å². The van der Waals surface area contributed by atoms with Gasteiger partial charge in [0.15, 0.2) is 0 Å². The number of imidazole rings is 1. The molecular weight excluding hydrogens is 555 g/mol. The molecule has 38 heavy (non-hydrogen) atoms. The molecule has 0 bridgehead atoms. The maximum atomic E-state index is 9.10. The minimum atomic E-state index is -1.82. The van der Waals surface area contributed by atoms with E-state index in [2.05, 4.69) is 4.98 Å². The Labute approximate surface area is 233 Å². The fourth-order valence-electron chi connectivity index (χ4n) is 3.40. The Kier molecular flexibility index (Phi) is 11.0. The number of hydrogen-bond acceptors (Lipinski definition) is 5. The molecule has 3 aromatic carbocycles. The van der Waals surface area contributed by atoms with Gasteiger partial charge in [0.2, 0.25) is 0 Å². The van der Waals surface area contributed by atoms with Gasteiger partial charge in [-0.2, -0.15) is 0 Å². The van der Waals surface area contributed by atoms with E-state index in [9.17, 15) is 0 Å². The third-order valence-electron chi connectivity index (χ3n) is 5.11. The topological polar surface area (TPSA) is 111 Å². The van der Waals surface area contributed by atoms with Crippen molar-refractivity contribution in [2.45, 2.75) is 12.6 Å². The summed E-state index contributed by atoms with van der Waals surface area (Å²) in [6, 6.07) is 21.0. The molecule has 11 heteroatoms. The average molecular weight is 578 g/mol. The molecule has 8 nitrogen and oxygen atoms in total. The van der Waals surface area contributed by atoms with Crippen LogP contribution >= 0.6 is 34.8 Å². The Morgan fingerprint density at radius 3 is 2.21 bits per heavy atom. The van der Waals surface area contributed by atoms with Gasteiger partial charge >= 0.3 is 11.9 Å². The standard InChI is InChI=1S/C25H21Cl3N2O2.C2H2O4/c26-19-7-9-24(22(14-19)18-4-2-1-3-5-18)31-12-13-32-25(16-30-11-10-29-17-30)21-8-6-20(27)15-23(21)28;3-1(4)2(5)6/h1-11,14-15,17,25H,12-13,16H2;(H,3,4)(H,5,6). The summed E-state index contributed by atoms with van der Waals surface area (Å²) in [6.07, 6.45) is 5.08. The molecule has 0 radical (unpaired) electrons. The van der Waals surface area contributed by atoms with Crippen LogP contribution in [-0.4, -0.2) is 44.9 Å². The lowest BCUT2D eigenvalue weighted by Gasteiger charge is -2.21. The summed E-state index contributed by atoms with van der Waals surface area (Å²) >= 11 is 18.7. The van der Waals surface area contributed by atoms with Crippen LogP contribution in [0.5, 0.6) is 5.75 Å². The molecule has 0 aliphatic heterocycles. The van der Waals surface area contributed by atoms with Crippen molar-refractivity contribution < 1.29 is 29.3 Å². The lowest BCUT2D eigenvalue weighted by Crippen LogP contribution is -2.16. The number of benzene rings is 3. The van der Waals surface area contributed by atoms with Crippen molar-refractivity contribution in [3.8, 4) is 16.9 Å². The molecule has 1 atom stereocenters. The van der Waals surface area contributed by atoms with Gasteiger partial charge in [-0.3, -0.25) is 0 Å². The Balaban J connectivity index is 0.000000599. The number of ether oxygens (including phenoxy) is 2. The molecule has 1 unspecified atom stereocenters. The monoisotopic (exact) mass is 576 g/mol. The molecule has 0 saturated carbocycles. The van der Waals surface area contributed by atoms with E-state index in [4.69, 9.17) is 64.1 Å². The number of aromatic nitrogens is 2. The van der Waals surface area contributed by atoms with Gasteiger partial charge < -0.3 is 24.3 Å². The van der Waals surface area contributed by atoms with Crippen LogP contribution in [-0.2, 0) is 20.9 Å². The highest BCUT2D eigenvalue weighted by Crippen LogP contribution is 2.33. The molecule has 0 fully saturated rings. The third-order valence-corrected chi connectivity index (χ3v) is 5.91. The van der Waals surface area contributed by atoms with E-state index >= 15 is 0 Å². The van der Waals surface area contributed by atoms with Gasteiger partial charge in [0, 0.05) is 38.6 Å². The van der Waals surface area contributed by atoms with Crippen molar-refractivity contribution in [1.29, 1.82) is 0 Å². The summed E-state index contributed by atoms with van der Waals surface area (Å²) in [5.41, 5.74) is 2.84. The van der Waals surface area contributed by atoms with Crippen LogP contribution in [0.2, 0.25) is 15.1 Å².